The topological polar surface area (TPSA) is 22.1 Å². The number of hydrogen-bond acceptors (Lipinski definition) is 3. The van der Waals surface area contributed by atoms with E-state index in [1.54, 1.807) is 11.3 Å². The van der Waals surface area contributed by atoms with Crippen LogP contribution < -0.4 is 4.74 Å². The highest BCUT2D eigenvalue weighted by Gasteiger charge is 2.09. The summed E-state index contributed by atoms with van der Waals surface area (Å²) in [7, 11) is 0. The van der Waals surface area contributed by atoms with Crippen LogP contribution in [0.3, 0.4) is 0 Å². The minimum absolute atomic E-state index is 0.436. The fraction of sp³-hybridized carbons (Fsp3) is 0.308. The maximum atomic E-state index is 5.95. The third-order valence-electron chi connectivity index (χ3n) is 2.49. The average Bonchev–Trinajstić information content (AvgIpc) is 2.73. The Bertz CT molecular complexity index is 556. The summed E-state index contributed by atoms with van der Waals surface area (Å²) < 4.78 is 6.87. The summed E-state index contributed by atoms with van der Waals surface area (Å²) in [5.41, 5.74) is 3.03. The van der Waals surface area contributed by atoms with E-state index in [2.05, 4.69) is 20.9 Å². The van der Waals surface area contributed by atoms with Crippen molar-refractivity contribution in [2.45, 2.75) is 26.3 Å². The molecule has 0 N–H and O–H groups in total. The van der Waals surface area contributed by atoms with Crippen molar-refractivity contribution in [3.05, 3.63) is 43.8 Å². The van der Waals surface area contributed by atoms with Crippen LogP contribution in [0.2, 0.25) is 0 Å². The van der Waals surface area contributed by atoms with Gasteiger partial charge in [0.25, 0.3) is 0 Å². The number of alkyl halides is 1. The van der Waals surface area contributed by atoms with Crippen molar-refractivity contribution in [3.8, 4) is 5.75 Å². The van der Waals surface area contributed by atoms with Gasteiger partial charge in [-0.15, -0.1) is 22.9 Å². The highest BCUT2D eigenvalue weighted by atomic mass is 79.9. The third-order valence-corrected chi connectivity index (χ3v) is 4.06. The zero-order valence-electron chi connectivity index (χ0n) is 10.2. The van der Waals surface area contributed by atoms with E-state index in [4.69, 9.17) is 16.3 Å². The molecule has 0 radical (unpaired) electrons. The zero-order chi connectivity index (χ0) is 13.1. The Labute approximate surface area is 124 Å². The van der Waals surface area contributed by atoms with E-state index in [0.29, 0.717) is 12.5 Å². The molecule has 0 amide bonds. The molecule has 0 unspecified atom stereocenters. The minimum Gasteiger partial charge on any atom is -0.487 e. The van der Waals surface area contributed by atoms with E-state index in [9.17, 15) is 0 Å². The lowest BCUT2D eigenvalue weighted by Crippen LogP contribution is -2.00. The van der Waals surface area contributed by atoms with Gasteiger partial charge < -0.3 is 4.74 Å². The number of benzene rings is 1. The number of rotatable bonds is 4. The van der Waals surface area contributed by atoms with Gasteiger partial charge in [-0.05, 0) is 31.5 Å². The van der Waals surface area contributed by atoms with Crippen LogP contribution in [0.25, 0.3) is 0 Å². The second kappa shape index (κ2) is 6.04. The van der Waals surface area contributed by atoms with Crippen molar-refractivity contribution in [3.63, 3.8) is 0 Å². The summed E-state index contributed by atoms with van der Waals surface area (Å²) in [5, 5.41) is 3.07. The standard InChI is InChI=1S/C13H13BrClNOS/c1-8-3-11(14)4-10(5-15)13(8)17-6-12-7-18-9(2)16-12/h3-4,7H,5-6H2,1-2H3. The monoisotopic (exact) mass is 345 g/mol. The van der Waals surface area contributed by atoms with E-state index in [0.717, 1.165) is 32.1 Å². The molecule has 18 heavy (non-hydrogen) atoms. The van der Waals surface area contributed by atoms with Crippen LogP contribution in [0.15, 0.2) is 22.0 Å². The van der Waals surface area contributed by atoms with Gasteiger partial charge in [0, 0.05) is 15.4 Å². The van der Waals surface area contributed by atoms with Gasteiger partial charge >= 0.3 is 0 Å². The van der Waals surface area contributed by atoms with Crippen LogP contribution in [0.5, 0.6) is 5.75 Å². The Morgan fingerprint density at radius 2 is 2.17 bits per heavy atom. The summed E-state index contributed by atoms with van der Waals surface area (Å²) in [6.45, 7) is 4.49. The number of aromatic nitrogens is 1. The second-order valence-corrected chi connectivity index (χ2v) is 6.24. The van der Waals surface area contributed by atoms with Gasteiger partial charge in [-0.1, -0.05) is 15.9 Å². The molecule has 96 valence electrons. The van der Waals surface area contributed by atoms with Crippen LogP contribution in [0.4, 0.5) is 0 Å². The molecule has 0 fully saturated rings. The molecule has 1 heterocycles. The van der Waals surface area contributed by atoms with Crippen LogP contribution >= 0.6 is 38.9 Å². The van der Waals surface area contributed by atoms with E-state index < -0.39 is 0 Å². The van der Waals surface area contributed by atoms with Crippen molar-refractivity contribution in [1.82, 2.24) is 4.98 Å². The van der Waals surface area contributed by atoms with Gasteiger partial charge in [-0.2, -0.15) is 0 Å². The van der Waals surface area contributed by atoms with Crippen molar-refractivity contribution < 1.29 is 4.74 Å². The molecule has 1 aromatic carbocycles. The molecule has 0 spiro atoms. The zero-order valence-corrected chi connectivity index (χ0v) is 13.3. The molecule has 0 saturated carbocycles. The van der Waals surface area contributed by atoms with E-state index in [-0.39, 0.29) is 0 Å². The van der Waals surface area contributed by atoms with Crippen molar-refractivity contribution >= 4 is 38.9 Å². The number of nitrogens with zero attached hydrogens (tertiary/aromatic N) is 1. The summed E-state index contributed by atoms with van der Waals surface area (Å²) >= 11 is 11.0. The number of hydrogen-bond donors (Lipinski definition) is 0. The molecule has 1 aromatic heterocycles. The van der Waals surface area contributed by atoms with Gasteiger partial charge in [0.1, 0.15) is 12.4 Å². The fourth-order valence-corrected chi connectivity index (χ4v) is 3.14. The molecule has 0 atom stereocenters. The minimum atomic E-state index is 0.436. The summed E-state index contributed by atoms with van der Waals surface area (Å²) in [6, 6.07) is 4.01. The Kier molecular flexibility index (Phi) is 4.65. The lowest BCUT2D eigenvalue weighted by molar-refractivity contribution is 0.297. The van der Waals surface area contributed by atoms with E-state index in [1.807, 2.05) is 31.4 Å². The van der Waals surface area contributed by atoms with Crippen molar-refractivity contribution in [2.24, 2.45) is 0 Å². The largest absolute Gasteiger partial charge is 0.487 e. The Morgan fingerprint density at radius 3 is 2.78 bits per heavy atom. The summed E-state index contributed by atoms with van der Waals surface area (Å²) in [6.07, 6.45) is 0. The molecule has 2 aromatic rings. The first-order chi connectivity index (χ1) is 8.60. The van der Waals surface area contributed by atoms with E-state index >= 15 is 0 Å². The first-order valence-corrected chi connectivity index (χ1v) is 7.69. The molecule has 0 aliphatic carbocycles. The normalized spacial score (nSPS) is 10.7. The fourth-order valence-electron chi connectivity index (χ4n) is 1.73. The SMILES string of the molecule is Cc1nc(COc2c(C)cc(Br)cc2CCl)cs1. The number of halogens is 2. The average molecular weight is 347 g/mol. The number of aryl methyl sites for hydroxylation is 2. The van der Waals surface area contributed by atoms with E-state index in [1.165, 1.54) is 0 Å². The first kappa shape index (κ1) is 13.8. The molecule has 0 aliphatic heterocycles. The molecular formula is C13H13BrClNOS. The molecule has 0 bridgehead atoms. The Morgan fingerprint density at radius 1 is 1.39 bits per heavy atom. The number of thiazole rings is 1. The third kappa shape index (κ3) is 3.25. The predicted molar refractivity (Wildman–Crippen MR) is 79.6 cm³/mol. The van der Waals surface area contributed by atoms with Crippen molar-refractivity contribution in [1.29, 1.82) is 0 Å². The second-order valence-electron chi connectivity index (χ2n) is 3.99. The van der Waals surface area contributed by atoms with Crippen LogP contribution in [-0.4, -0.2) is 4.98 Å². The quantitative estimate of drug-likeness (QED) is 0.739. The van der Waals surface area contributed by atoms with Crippen LogP contribution in [0.1, 0.15) is 21.8 Å². The number of ether oxygens (including phenoxy) is 1. The van der Waals surface area contributed by atoms with Gasteiger partial charge in [-0.3, -0.25) is 0 Å². The molecule has 0 aliphatic rings. The highest BCUT2D eigenvalue weighted by Crippen LogP contribution is 2.30. The predicted octanol–water partition coefficient (Wildman–Crippen LogP) is 4.84. The molecule has 2 rings (SSSR count). The highest BCUT2D eigenvalue weighted by molar-refractivity contribution is 9.10. The van der Waals surface area contributed by atoms with Gasteiger partial charge in [0.15, 0.2) is 0 Å². The molecule has 5 heteroatoms. The van der Waals surface area contributed by atoms with Gasteiger partial charge in [0.05, 0.1) is 16.6 Å². The summed E-state index contributed by atoms with van der Waals surface area (Å²) in [5.74, 6) is 1.30. The maximum Gasteiger partial charge on any atom is 0.131 e. The Balaban J connectivity index is 2.18. The van der Waals surface area contributed by atoms with Crippen molar-refractivity contribution in [2.75, 3.05) is 0 Å². The summed E-state index contributed by atoms with van der Waals surface area (Å²) in [4.78, 5) is 4.38. The van der Waals surface area contributed by atoms with Crippen LogP contribution in [-0.2, 0) is 12.5 Å². The lowest BCUT2D eigenvalue weighted by Gasteiger charge is -2.12. The van der Waals surface area contributed by atoms with Crippen LogP contribution in [0, 0.1) is 13.8 Å². The molecular weight excluding hydrogens is 334 g/mol. The van der Waals surface area contributed by atoms with Gasteiger partial charge in [0.2, 0.25) is 0 Å². The molecule has 2 nitrogen and oxygen atoms in total. The first-order valence-electron chi connectivity index (χ1n) is 5.49. The van der Waals surface area contributed by atoms with Gasteiger partial charge in [-0.25, -0.2) is 4.98 Å². The Hall–Kier alpha value is -0.580. The molecule has 0 saturated heterocycles. The lowest BCUT2D eigenvalue weighted by atomic mass is 10.1. The smallest absolute Gasteiger partial charge is 0.131 e. The maximum absolute atomic E-state index is 5.95.